The van der Waals surface area contributed by atoms with Crippen molar-refractivity contribution in [2.24, 2.45) is 0 Å². The monoisotopic (exact) mass is 322 g/mol. The molecular weight excluding hydrogens is 292 g/mol. The van der Waals surface area contributed by atoms with Gasteiger partial charge in [0.2, 0.25) is 0 Å². The fraction of sp³-hybridized carbons (Fsp3) is 0.611. The average molecular weight is 322 g/mol. The molecule has 5 heteroatoms. The van der Waals surface area contributed by atoms with Crippen LogP contribution >= 0.6 is 0 Å². The number of aliphatic hydroxyl groups is 1. The number of aliphatic hydroxyl groups excluding tert-OH is 1. The molecule has 0 aliphatic carbocycles. The van der Waals surface area contributed by atoms with Gasteiger partial charge in [0.1, 0.15) is 5.60 Å². The maximum absolute atomic E-state index is 12.3. The van der Waals surface area contributed by atoms with Crippen molar-refractivity contribution in [3.8, 4) is 0 Å². The lowest BCUT2D eigenvalue weighted by Gasteiger charge is -2.32. The van der Waals surface area contributed by atoms with Crippen molar-refractivity contribution < 1.29 is 14.6 Å². The number of benzene rings is 1. The van der Waals surface area contributed by atoms with Crippen LogP contribution < -0.4 is 0 Å². The van der Waals surface area contributed by atoms with E-state index in [0.29, 0.717) is 13.1 Å². The molecule has 1 N–H and O–H groups in total. The van der Waals surface area contributed by atoms with Crippen LogP contribution in [0, 0.1) is 0 Å². The molecule has 0 unspecified atom stereocenters. The molecule has 0 aliphatic rings. The van der Waals surface area contributed by atoms with Gasteiger partial charge in [-0.1, -0.05) is 30.3 Å². The molecule has 5 nitrogen and oxygen atoms in total. The van der Waals surface area contributed by atoms with Crippen LogP contribution in [-0.4, -0.2) is 59.4 Å². The van der Waals surface area contributed by atoms with Crippen molar-refractivity contribution in [2.75, 3.05) is 26.7 Å². The van der Waals surface area contributed by atoms with Gasteiger partial charge < -0.3 is 19.6 Å². The standard InChI is InChI=1S/C18H30N2O3/c1-15(14-21)20(17(22)23-18(2,3)4)12-11-19(5)13-16-9-7-6-8-10-16/h6-10,15,21H,11-14H2,1-5H3/t15-/m0/s1. The minimum absolute atomic E-state index is 0.0817. The first kappa shape index (κ1) is 19.5. The van der Waals surface area contributed by atoms with E-state index in [9.17, 15) is 9.90 Å². The quantitative estimate of drug-likeness (QED) is 0.838. The molecule has 0 saturated heterocycles. The van der Waals surface area contributed by atoms with Gasteiger partial charge in [-0.25, -0.2) is 4.79 Å². The fourth-order valence-electron chi connectivity index (χ4n) is 2.16. The molecule has 1 aromatic rings. The minimum Gasteiger partial charge on any atom is -0.444 e. The fourth-order valence-corrected chi connectivity index (χ4v) is 2.16. The summed E-state index contributed by atoms with van der Waals surface area (Å²) in [6, 6.07) is 9.93. The van der Waals surface area contributed by atoms with Crippen LogP contribution in [0.4, 0.5) is 4.79 Å². The van der Waals surface area contributed by atoms with Crippen molar-refractivity contribution in [1.82, 2.24) is 9.80 Å². The third-order valence-electron chi connectivity index (χ3n) is 3.44. The molecule has 1 rings (SSSR count). The molecule has 1 aromatic carbocycles. The summed E-state index contributed by atoms with van der Waals surface area (Å²) in [6.07, 6.45) is -0.382. The topological polar surface area (TPSA) is 53.0 Å². The Kier molecular flexibility index (Phi) is 7.52. The van der Waals surface area contributed by atoms with Crippen molar-refractivity contribution >= 4 is 6.09 Å². The highest BCUT2D eigenvalue weighted by atomic mass is 16.6. The van der Waals surface area contributed by atoms with E-state index in [0.717, 1.165) is 6.54 Å². The van der Waals surface area contributed by atoms with Gasteiger partial charge in [0.25, 0.3) is 0 Å². The second kappa shape index (κ2) is 8.89. The molecule has 0 aliphatic heterocycles. The van der Waals surface area contributed by atoms with Crippen LogP contribution in [0.15, 0.2) is 30.3 Å². The summed E-state index contributed by atoms with van der Waals surface area (Å²) in [6.45, 7) is 9.30. The lowest BCUT2D eigenvalue weighted by Crippen LogP contribution is -2.46. The summed E-state index contributed by atoms with van der Waals surface area (Å²) in [7, 11) is 2.02. The van der Waals surface area contributed by atoms with E-state index < -0.39 is 5.60 Å². The predicted molar refractivity (Wildman–Crippen MR) is 92.3 cm³/mol. The number of carbonyl (C=O) groups is 1. The van der Waals surface area contributed by atoms with Gasteiger partial charge in [-0.15, -0.1) is 0 Å². The van der Waals surface area contributed by atoms with Crippen molar-refractivity contribution in [3.63, 3.8) is 0 Å². The predicted octanol–water partition coefficient (Wildman–Crippen LogP) is 2.74. The highest BCUT2D eigenvalue weighted by Crippen LogP contribution is 2.12. The molecule has 1 amide bonds. The first-order valence-corrected chi connectivity index (χ1v) is 8.06. The summed E-state index contributed by atoms with van der Waals surface area (Å²) >= 11 is 0. The van der Waals surface area contributed by atoms with Crippen LogP contribution in [0.3, 0.4) is 0 Å². The maximum Gasteiger partial charge on any atom is 0.410 e. The SMILES string of the molecule is C[C@@H](CO)N(CCN(C)Cc1ccccc1)C(=O)OC(C)(C)C. The Bertz CT molecular complexity index is 471. The average Bonchev–Trinajstić information content (AvgIpc) is 2.46. The van der Waals surface area contributed by atoms with Crippen LogP contribution in [0.2, 0.25) is 0 Å². The van der Waals surface area contributed by atoms with E-state index >= 15 is 0 Å². The van der Waals surface area contributed by atoms with Gasteiger partial charge in [-0.2, -0.15) is 0 Å². The Morgan fingerprint density at radius 1 is 1.22 bits per heavy atom. The summed E-state index contributed by atoms with van der Waals surface area (Å²) in [4.78, 5) is 16.0. The third kappa shape index (κ3) is 7.48. The first-order chi connectivity index (χ1) is 10.7. The molecule has 0 fully saturated rings. The van der Waals surface area contributed by atoms with E-state index in [4.69, 9.17) is 4.74 Å². The zero-order valence-corrected chi connectivity index (χ0v) is 15.0. The molecule has 0 saturated carbocycles. The molecule has 130 valence electrons. The number of nitrogens with zero attached hydrogens (tertiary/aromatic N) is 2. The third-order valence-corrected chi connectivity index (χ3v) is 3.44. The largest absolute Gasteiger partial charge is 0.444 e. The van der Waals surface area contributed by atoms with Gasteiger partial charge in [0.15, 0.2) is 0 Å². The van der Waals surface area contributed by atoms with E-state index in [-0.39, 0.29) is 18.7 Å². The van der Waals surface area contributed by atoms with Gasteiger partial charge in [-0.3, -0.25) is 0 Å². The van der Waals surface area contributed by atoms with Gasteiger partial charge in [0, 0.05) is 19.6 Å². The Morgan fingerprint density at radius 2 is 1.83 bits per heavy atom. The Labute approximate surface area is 139 Å². The van der Waals surface area contributed by atoms with Crippen LogP contribution in [-0.2, 0) is 11.3 Å². The molecule has 0 aromatic heterocycles. The molecular formula is C18H30N2O3. The zero-order chi connectivity index (χ0) is 17.5. The minimum atomic E-state index is -0.541. The second-order valence-electron chi connectivity index (χ2n) is 6.93. The Morgan fingerprint density at radius 3 is 2.35 bits per heavy atom. The Balaban J connectivity index is 2.58. The molecule has 1 atom stereocenters. The number of amides is 1. The van der Waals surface area contributed by atoms with E-state index in [2.05, 4.69) is 17.0 Å². The van der Waals surface area contributed by atoms with E-state index in [1.165, 1.54) is 5.56 Å². The van der Waals surface area contributed by atoms with Gasteiger partial charge in [0.05, 0.1) is 12.6 Å². The number of carbonyl (C=O) groups excluding carboxylic acids is 1. The van der Waals surface area contributed by atoms with Crippen molar-refractivity contribution in [3.05, 3.63) is 35.9 Å². The summed E-state index contributed by atoms with van der Waals surface area (Å²) in [5.74, 6) is 0. The zero-order valence-electron chi connectivity index (χ0n) is 15.0. The maximum atomic E-state index is 12.3. The smallest absolute Gasteiger partial charge is 0.410 e. The highest BCUT2D eigenvalue weighted by Gasteiger charge is 2.25. The van der Waals surface area contributed by atoms with Gasteiger partial charge in [-0.05, 0) is 40.3 Å². The van der Waals surface area contributed by atoms with Crippen LogP contribution in [0.1, 0.15) is 33.3 Å². The number of rotatable bonds is 7. The molecule has 0 radical (unpaired) electrons. The summed E-state index contributed by atoms with van der Waals surface area (Å²) < 4.78 is 5.43. The number of ether oxygens (including phenoxy) is 1. The normalized spacial score (nSPS) is 13.0. The molecule has 0 spiro atoms. The number of hydrogen-bond acceptors (Lipinski definition) is 4. The molecule has 0 bridgehead atoms. The highest BCUT2D eigenvalue weighted by molar-refractivity contribution is 5.68. The van der Waals surface area contributed by atoms with E-state index in [1.807, 2.05) is 52.9 Å². The second-order valence-corrected chi connectivity index (χ2v) is 6.93. The lowest BCUT2D eigenvalue weighted by atomic mass is 10.2. The van der Waals surface area contributed by atoms with E-state index in [1.54, 1.807) is 4.90 Å². The van der Waals surface area contributed by atoms with Crippen LogP contribution in [0.5, 0.6) is 0 Å². The van der Waals surface area contributed by atoms with Crippen LogP contribution in [0.25, 0.3) is 0 Å². The van der Waals surface area contributed by atoms with Gasteiger partial charge >= 0.3 is 6.09 Å². The summed E-state index contributed by atoms with van der Waals surface area (Å²) in [5, 5.41) is 9.39. The summed E-state index contributed by atoms with van der Waals surface area (Å²) in [5.41, 5.74) is 0.689. The first-order valence-electron chi connectivity index (χ1n) is 8.06. The number of likely N-dealkylation sites (N-methyl/N-ethyl adjacent to an activating group) is 1. The Hall–Kier alpha value is -1.59. The lowest BCUT2D eigenvalue weighted by molar-refractivity contribution is 0.00982. The van der Waals surface area contributed by atoms with Crippen molar-refractivity contribution in [1.29, 1.82) is 0 Å². The molecule has 0 heterocycles. The number of hydrogen-bond donors (Lipinski definition) is 1. The van der Waals surface area contributed by atoms with Crippen molar-refractivity contribution in [2.45, 2.75) is 45.9 Å². The molecule has 23 heavy (non-hydrogen) atoms.